The summed E-state index contributed by atoms with van der Waals surface area (Å²) in [6.07, 6.45) is 1.68. The second kappa shape index (κ2) is 13.6. The second-order valence-electron chi connectivity index (χ2n) is 11.0. The first-order valence-corrected chi connectivity index (χ1v) is 14.6. The zero-order valence-electron chi connectivity index (χ0n) is 25.5. The number of carbonyl (C=O) groups excluding carboxylic acids is 3. The average Bonchev–Trinajstić information content (AvgIpc) is 3.29. The third kappa shape index (κ3) is 6.81. The van der Waals surface area contributed by atoms with Crippen molar-refractivity contribution in [2.75, 3.05) is 33.7 Å². The average molecular weight is 596 g/mol. The molecule has 2 heterocycles. The van der Waals surface area contributed by atoms with Crippen LogP contribution in [0, 0.1) is 6.92 Å². The highest BCUT2D eigenvalue weighted by atomic mass is 16.6. The predicted octanol–water partition coefficient (Wildman–Crippen LogP) is 5.09. The molecule has 2 N–H and O–H groups in total. The minimum Gasteiger partial charge on any atom is -0.461 e. The normalized spacial score (nSPS) is 11.3. The van der Waals surface area contributed by atoms with E-state index in [1.165, 1.54) is 0 Å². The van der Waals surface area contributed by atoms with Crippen LogP contribution in [-0.4, -0.2) is 66.2 Å². The second-order valence-corrected chi connectivity index (χ2v) is 11.0. The van der Waals surface area contributed by atoms with Crippen LogP contribution in [0.2, 0.25) is 0 Å². The molecule has 0 spiro atoms. The summed E-state index contributed by atoms with van der Waals surface area (Å²) in [7, 11) is 5.91. The monoisotopic (exact) mass is 595 g/mol. The molecule has 10 heteroatoms. The molecule has 0 aliphatic carbocycles. The van der Waals surface area contributed by atoms with Gasteiger partial charge in [-0.15, -0.1) is 0 Å². The molecular formula is C34H37N5O5. The molecule has 0 unspecified atom stereocenters. The van der Waals surface area contributed by atoms with Gasteiger partial charge in [0.25, 0.3) is 5.91 Å². The Bertz CT molecular complexity index is 1830. The molecule has 0 aliphatic heterocycles. The van der Waals surface area contributed by atoms with Gasteiger partial charge in [-0.25, -0.2) is 4.79 Å². The lowest BCUT2D eigenvalue weighted by molar-refractivity contribution is -0.145. The van der Waals surface area contributed by atoms with Crippen LogP contribution >= 0.6 is 0 Å². The maximum atomic E-state index is 13.1. The number of fused-ring (bicyclic) bond motifs is 4. The van der Waals surface area contributed by atoms with Crippen LogP contribution < -0.4 is 15.4 Å². The minimum absolute atomic E-state index is 0.187. The number of aryl methyl sites for hydroxylation is 2. The molecule has 0 saturated heterocycles. The quantitative estimate of drug-likeness (QED) is 0.161. The summed E-state index contributed by atoms with van der Waals surface area (Å²) in [5.74, 6) is -0.158. The lowest BCUT2D eigenvalue weighted by atomic mass is 10.00. The van der Waals surface area contributed by atoms with Crippen LogP contribution in [0.3, 0.4) is 0 Å². The summed E-state index contributed by atoms with van der Waals surface area (Å²) in [5, 5.41) is 9.20. The van der Waals surface area contributed by atoms with Gasteiger partial charge in [0, 0.05) is 61.0 Å². The van der Waals surface area contributed by atoms with E-state index >= 15 is 0 Å². The van der Waals surface area contributed by atoms with E-state index in [1.54, 1.807) is 12.3 Å². The molecule has 2 aromatic heterocycles. The number of carbonyl (C=O) groups is 3. The molecule has 2 amide bonds. The highest BCUT2D eigenvalue weighted by Crippen LogP contribution is 2.37. The zero-order valence-corrected chi connectivity index (χ0v) is 25.5. The number of esters is 1. The Morgan fingerprint density at radius 3 is 2.48 bits per heavy atom. The summed E-state index contributed by atoms with van der Waals surface area (Å²) in [4.78, 5) is 44.1. The van der Waals surface area contributed by atoms with Crippen LogP contribution in [0.1, 0.15) is 34.5 Å². The standard InChI is InChI=1S/C34H37N5O5/c1-22-25-14-16-35-31(33(41)36-17-18-38(2)3)27(25)20-28-26-19-24(12-13-29(26)39(4)32(22)28)44-34(42)37-15-8-11-30(40)43-21-23-9-6-5-7-10-23/h5-7,9-10,12-14,16,19-20H,8,11,15,17-18,21H2,1-4H3,(H,36,41)(H,37,42). The number of nitrogens with one attached hydrogen (secondary N) is 2. The number of amides is 2. The molecule has 5 rings (SSSR count). The Hall–Kier alpha value is -4.96. The van der Waals surface area contributed by atoms with Crippen molar-refractivity contribution in [2.45, 2.75) is 26.4 Å². The summed E-state index contributed by atoms with van der Waals surface area (Å²) in [6.45, 7) is 3.77. The van der Waals surface area contributed by atoms with E-state index in [-0.39, 0.29) is 31.4 Å². The van der Waals surface area contributed by atoms with Gasteiger partial charge < -0.3 is 29.6 Å². The molecule has 5 aromatic rings. The Morgan fingerprint density at radius 1 is 0.909 bits per heavy atom. The van der Waals surface area contributed by atoms with E-state index in [1.807, 2.05) is 87.6 Å². The number of pyridine rings is 1. The van der Waals surface area contributed by atoms with Crippen LogP contribution in [0.15, 0.2) is 66.9 Å². The van der Waals surface area contributed by atoms with E-state index in [0.29, 0.717) is 24.4 Å². The van der Waals surface area contributed by atoms with Crippen molar-refractivity contribution in [1.82, 2.24) is 25.1 Å². The Morgan fingerprint density at radius 2 is 1.70 bits per heavy atom. The molecule has 0 atom stereocenters. The number of rotatable bonds is 11. The molecule has 228 valence electrons. The lowest BCUT2D eigenvalue weighted by Gasteiger charge is -2.12. The van der Waals surface area contributed by atoms with Crippen molar-refractivity contribution in [1.29, 1.82) is 0 Å². The molecule has 0 aliphatic rings. The van der Waals surface area contributed by atoms with Gasteiger partial charge in [-0.3, -0.25) is 14.6 Å². The molecular weight excluding hydrogens is 558 g/mol. The van der Waals surface area contributed by atoms with Crippen molar-refractivity contribution in [3.8, 4) is 5.75 Å². The van der Waals surface area contributed by atoms with E-state index < -0.39 is 6.09 Å². The third-order valence-corrected chi connectivity index (χ3v) is 7.59. The summed E-state index contributed by atoms with van der Waals surface area (Å²) >= 11 is 0. The smallest absolute Gasteiger partial charge is 0.412 e. The van der Waals surface area contributed by atoms with Crippen molar-refractivity contribution in [2.24, 2.45) is 7.05 Å². The van der Waals surface area contributed by atoms with Gasteiger partial charge in [-0.05, 0) is 74.3 Å². The maximum absolute atomic E-state index is 13.1. The number of nitrogens with zero attached hydrogens (tertiary/aromatic N) is 3. The summed E-state index contributed by atoms with van der Waals surface area (Å²) in [5.41, 5.74) is 4.32. The van der Waals surface area contributed by atoms with Crippen molar-refractivity contribution >= 4 is 50.5 Å². The lowest BCUT2D eigenvalue weighted by Crippen LogP contribution is -2.31. The van der Waals surface area contributed by atoms with E-state index in [2.05, 4.69) is 20.2 Å². The molecule has 0 bridgehead atoms. The molecule has 3 aromatic carbocycles. The molecule has 0 radical (unpaired) electrons. The number of hydrogen-bond donors (Lipinski definition) is 2. The van der Waals surface area contributed by atoms with E-state index in [9.17, 15) is 14.4 Å². The first-order chi connectivity index (χ1) is 21.2. The predicted molar refractivity (Wildman–Crippen MR) is 171 cm³/mol. The summed E-state index contributed by atoms with van der Waals surface area (Å²) in [6, 6.07) is 18.9. The fourth-order valence-corrected chi connectivity index (χ4v) is 5.37. The van der Waals surface area contributed by atoms with Gasteiger partial charge in [-0.1, -0.05) is 30.3 Å². The number of hydrogen-bond acceptors (Lipinski definition) is 7. The topological polar surface area (TPSA) is 115 Å². The van der Waals surface area contributed by atoms with Crippen molar-refractivity contribution in [3.05, 3.63) is 83.7 Å². The van der Waals surface area contributed by atoms with Crippen LogP contribution in [0.25, 0.3) is 32.6 Å². The van der Waals surface area contributed by atoms with Crippen molar-refractivity contribution < 1.29 is 23.9 Å². The minimum atomic E-state index is -0.607. The fourth-order valence-electron chi connectivity index (χ4n) is 5.37. The van der Waals surface area contributed by atoms with Crippen molar-refractivity contribution in [3.63, 3.8) is 0 Å². The van der Waals surface area contributed by atoms with Gasteiger partial charge in [0.15, 0.2) is 0 Å². The van der Waals surface area contributed by atoms with Gasteiger partial charge in [0.05, 0.1) is 5.52 Å². The van der Waals surface area contributed by atoms with Crippen LogP contribution in [-0.2, 0) is 23.2 Å². The zero-order chi connectivity index (χ0) is 31.2. The third-order valence-electron chi connectivity index (χ3n) is 7.59. The van der Waals surface area contributed by atoms with E-state index in [4.69, 9.17) is 9.47 Å². The van der Waals surface area contributed by atoms with Crippen LogP contribution in [0.5, 0.6) is 5.75 Å². The largest absolute Gasteiger partial charge is 0.461 e. The summed E-state index contributed by atoms with van der Waals surface area (Å²) < 4.78 is 13.0. The Labute approximate surface area is 255 Å². The number of benzene rings is 3. The Balaban J connectivity index is 1.28. The first kappa shape index (κ1) is 30.5. The SMILES string of the molecule is Cc1c2ccnc(C(=O)NCCN(C)C)c2cc2c3cc(OC(=O)NCCCC(=O)OCc4ccccc4)ccc3n(C)c12. The molecule has 0 fully saturated rings. The first-order valence-electron chi connectivity index (χ1n) is 14.6. The highest BCUT2D eigenvalue weighted by molar-refractivity contribution is 6.17. The fraction of sp³-hybridized carbons (Fsp3) is 0.294. The van der Waals surface area contributed by atoms with Gasteiger partial charge in [-0.2, -0.15) is 0 Å². The van der Waals surface area contributed by atoms with Gasteiger partial charge in [0.2, 0.25) is 0 Å². The van der Waals surface area contributed by atoms with Gasteiger partial charge >= 0.3 is 12.1 Å². The number of ether oxygens (including phenoxy) is 2. The van der Waals surface area contributed by atoms with Crippen LogP contribution in [0.4, 0.5) is 4.79 Å². The van der Waals surface area contributed by atoms with E-state index in [0.717, 1.165) is 50.2 Å². The number of likely N-dealkylation sites (N-methyl/N-ethyl adjacent to an activating group) is 1. The maximum Gasteiger partial charge on any atom is 0.412 e. The van der Waals surface area contributed by atoms with Gasteiger partial charge in [0.1, 0.15) is 18.1 Å². The molecule has 10 nitrogen and oxygen atoms in total. The number of aromatic nitrogens is 2. The Kier molecular flexibility index (Phi) is 9.40. The molecule has 44 heavy (non-hydrogen) atoms. The molecule has 0 saturated carbocycles. The highest BCUT2D eigenvalue weighted by Gasteiger charge is 2.19.